The van der Waals surface area contributed by atoms with Crippen molar-refractivity contribution in [1.29, 1.82) is 0 Å². The fourth-order valence-electron chi connectivity index (χ4n) is 5.53. The van der Waals surface area contributed by atoms with Crippen molar-refractivity contribution in [2.45, 2.75) is 77.1 Å². The van der Waals surface area contributed by atoms with Crippen LogP contribution < -0.4 is 21.5 Å². The van der Waals surface area contributed by atoms with Gasteiger partial charge >= 0.3 is 11.9 Å². The molecule has 1 aliphatic heterocycles. The Bertz CT molecular complexity index is 1470. The SMILES string of the molecule is C[C@H](Oc1cc(-n2nc3n(c2=O)CCCC3)c(F)cc1C(=O)Nc1ccc(N)cc1C(F)(F)F)C1CCCCC1. The maximum absolute atomic E-state index is 15.5. The molecule has 3 N–H and O–H groups in total. The van der Waals surface area contributed by atoms with Crippen LogP contribution in [0.25, 0.3) is 5.69 Å². The van der Waals surface area contributed by atoms with Crippen molar-refractivity contribution in [3.05, 3.63) is 63.6 Å². The molecule has 8 nitrogen and oxygen atoms in total. The number of nitrogen functional groups attached to an aromatic ring is 1. The molecule has 0 radical (unpaired) electrons. The molecule has 214 valence electrons. The highest BCUT2D eigenvalue weighted by Gasteiger charge is 2.35. The summed E-state index contributed by atoms with van der Waals surface area (Å²) >= 11 is 0. The van der Waals surface area contributed by atoms with Crippen LogP contribution in [0.4, 0.5) is 28.9 Å². The van der Waals surface area contributed by atoms with Crippen LogP contribution in [-0.4, -0.2) is 26.4 Å². The number of nitrogens with one attached hydrogen (secondary N) is 1. The van der Waals surface area contributed by atoms with Gasteiger partial charge in [0, 0.05) is 24.7 Å². The van der Waals surface area contributed by atoms with Gasteiger partial charge in [-0.3, -0.25) is 9.36 Å². The van der Waals surface area contributed by atoms with Crippen LogP contribution in [0.15, 0.2) is 35.1 Å². The minimum atomic E-state index is -4.79. The summed E-state index contributed by atoms with van der Waals surface area (Å²) in [6, 6.07) is 5.10. The first kappa shape index (κ1) is 27.7. The Hall–Kier alpha value is -3.83. The highest BCUT2D eigenvalue weighted by atomic mass is 19.4. The Balaban J connectivity index is 1.55. The normalized spacial score (nSPS) is 16.8. The first-order valence-corrected chi connectivity index (χ1v) is 13.5. The number of aryl methyl sites for hydroxylation is 1. The number of ether oxygens (including phenoxy) is 1. The fraction of sp³-hybridized carbons (Fsp3) is 0.464. The monoisotopic (exact) mass is 561 g/mol. The van der Waals surface area contributed by atoms with Gasteiger partial charge in [-0.05, 0) is 62.8 Å². The van der Waals surface area contributed by atoms with Gasteiger partial charge in [0.05, 0.1) is 22.9 Å². The largest absolute Gasteiger partial charge is 0.490 e. The zero-order valence-corrected chi connectivity index (χ0v) is 22.1. The first-order valence-electron chi connectivity index (χ1n) is 13.5. The predicted octanol–water partition coefficient (Wildman–Crippen LogP) is 5.71. The molecule has 12 heteroatoms. The molecule has 1 fully saturated rings. The maximum atomic E-state index is 15.5. The maximum Gasteiger partial charge on any atom is 0.418 e. The zero-order chi connectivity index (χ0) is 28.6. The highest BCUT2D eigenvalue weighted by molar-refractivity contribution is 6.07. The number of carbonyl (C=O) groups is 1. The second-order valence-corrected chi connectivity index (χ2v) is 10.5. The van der Waals surface area contributed by atoms with E-state index in [0.29, 0.717) is 18.8 Å². The van der Waals surface area contributed by atoms with Crippen molar-refractivity contribution in [3.8, 4) is 11.4 Å². The molecule has 0 saturated heterocycles. The number of hydrogen-bond acceptors (Lipinski definition) is 5. The molecule has 2 heterocycles. The average molecular weight is 562 g/mol. The van der Waals surface area contributed by atoms with E-state index in [1.807, 2.05) is 6.92 Å². The van der Waals surface area contributed by atoms with E-state index in [1.54, 1.807) is 0 Å². The van der Waals surface area contributed by atoms with Crippen molar-refractivity contribution in [1.82, 2.24) is 14.3 Å². The number of halogens is 4. The van der Waals surface area contributed by atoms with Gasteiger partial charge in [-0.25, -0.2) is 9.18 Å². The minimum Gasteiger partial charge on any atom is -0.490 e. The Morgan fingerprint density at radius 2 is 1.88 bits per heavy atom. The number of alkyl halides is 3. The van der Waals surface area contributed by atoms with Crippen molar-refractivity contribution in [2.24, 2.45) is 5.92 Å². The van der Waals surface area contributed by atoms with Gasteiger partial charge in [-0.1, -0.05) is 19.3 Å². The first-order chi connectivity index (χ1) is 19.0. The predicted molar refractivity (Wildman–Crippen MR) is 141 cm³/mol. The number of benzene rings is 2. The number of fused-ring (bicyclic) bond motifs is 1. The third-order valence-corrected chi connectivity index (χ3v) is 7.72. The van der Waals surface area contributed by atoms with E-state index in [4.69, 9.17) is 10.5 Å². The molecule has 40 heavy (non-hydrogen) atoms. The standard InChI is InChI=1S/C28H31F4N5O3/c1-16(17-7-3-2-4-8-17)40-24-15-23(37-27(39)36-12-6-5-9-25(36)35-37)21(29)14-19(24)26(38)34-22-11-10-18(33)13-20(22)28(30,31)32/h10-11,13-17H,2-9,12,33H2,1H3,(H,34,38)/t16-/m0/s1. The zero-order valence-electron chi connectivity index (χ0n) is 22.1. The summed E-state index contributed by atoms with van der Waals surface area (Å²) in [7, 11) is 0. The molecule has 2 aliphatic rings. The molecule has 2 aromatic carbocycles. The average Bonchev–Trinajstić information content (AvgIpc) is 3.26. The number of amides is 1. The lowest BCUT2D eigenvalue weighted by atomic mass is 9.86. The lowest BCUT2D eigenvalue weighted by Crippen LogP contribution is -2.28. The van der Waals surface area contributed by atoms with Crippen LogP contribution in [0.5, 0.6) is 5.75 Å². The van der Waals surface area contributed by atoms with E-state index in [9.17, 15) is 22.8 Å². The molecule has 1 amide bonds. The van der Waals surface area contributed by atoms with E-state index in [1.165, 1.54) is 16.7 Å². The number of hydrogen-bond donors (Lipinski definition) is 2. The number of aromatic nitrogens is 3. The molecule has 0 bridgehead atoms. The molecular formula is C28H31F4N5O3. The summed E-state index contributed by atoms with van der Waals surface area (Å²) in [5, 5.41) is 6.56. The number of carbonyl (C=O) groups excluding carboxylic acids is 1. The summed E-state index contributed by atoms with van der Waals surface area (Å²) in [4.78, 5) is 26.4. The Morgan fingerprint density at radius 3 is 2.58 bits per heavy atom. The van der Waals surface area contributed by atoms with Gasteiger partial charge < -0.3 is 15.8 Å². The summed E-state index contributed by atoms with van der Waals surface area (Å²) in [5.41, 5.74) is 2.75. The summed E-state index contributed by atoms with van der Waals surface area (Å²) < 4.78 is 65.1. The summed E-state index contributed by atoms with van der Waals surface area (Å²) in [6.45, 7) is 2.32. The van der Waals surface area contributed by atoms with E-state index in [0.717, 1.165) is 67.8 Å². The van der Waals surface area contributed by atoms with Gasteiger partial charge in [-0.2, -0.15) is 17.9 Å². The van der Waals surface area contributed by atoms with Crippen molar-refractivity contribution in [3.63, 3.8) is 0 Å². The number of rotatable bonds is 6. The Labute approximate surface area is 228 Å². The molecule has 0 unspecified atom stereocenters. The van der Waals surface area contributed by atoms with Gasteiger partial charge in [0.25, 0.3) is 5.91 Å². The Kier molecular flexibility index (Phi) is 7.61. The Morgan fingerprint density at radius 1 is 1.12 bits per heavy atom. The van der Waals surface area contributed by atoms with E-state index >= 15 is 4.39 Å². The van der Waals surface area contributed by atoms with Gasteiger partial charge in [0.1, 0.15) is 23.1 Å². The van der Waals surface area contributed by atoms with Crippen molar-refractivity contribution >= 4 is 17.3 Å². The quantitative estimate of drug-likeness (QED) is 0.296. The van der Waals surface area contributed by atoms with E-state index in [2.05, 4.69) is 10.4 Å². The van der Waals surface area contributed by atoms with Crippen LogP contribution >= 0.6 is 0 Å². The topological polar surface area (TPSA) is 104 Å². The molecule has 1 saturated carbocycles. The molecule has 1 aromatic heterocycles. The van der Waals surface area contributed by atoms with E-state index < -0.39 is 34.8 Å². The van der Waals surface area contributed by atoms with Crippen LogP contribution in [0.1, 0.15) is 73.6 Å². The summed E-state index contributed by atoms with van der Waals surface area (Å²) in [6.07, 6.45) is 2.12. The lowest BCUT2D eigenvalue weighted by Gasteiger charge is -2.29. The number of nitrogens with two attached hydrogens (primary N) is 1. The number of nitrogens with zero attached hydrogens (tertiary/aromatic N) is 3. The lowest BCUT2D eigenvalue weighted by molar-refractivity contribution is -0.136. The van der Waals surface area contributed by atoms with Crippen molar-refractivity contribution < 1.29 is 27.1 Å². The molecule has 5 rings (SSSR count). The van der Waals surface area contributed by atoms with Crippen LogP contribution in [0.2, 0.25) is 0 Å². The molecule has 3 aromatic rings. The highest BCUT2D eigenvalue weighted by Crippen LogP contribution is 2.37. The molecular weight excluding hydrogens is 530 g/mol. The minimum absolute atomic E-state index is 0.0474. The van der Waals surface area contributed by atoms with Crippen molar-refractivity contribution in [2.75, 3.05) is 11.1 Å². The van der Waals surface area contributed by atoms with Crippen LogP contribution in [-0.2, 0) is 19.1 Å². The van der Waals surface area contributed by atoms with Gasteiger partial charge in [0.15, 0.2) is 0 Å². The van der Waals surface area contributed by atoms with Crippen LogP contribution in [0.3, 0.4) is 0 Å². The number of anilines is 2. The second kappa shape index (κ2) is 11.0. The third-order valence-electron chi connectivity index (χ3n) is 7.72. The second-order valence-electron chi connectivity index (χ2n) is 10.5. The third kappa shape index (κ3) is 5.57. The van der Waals surface area contributed by atoms with Gasteiger partial charge in [-0.15, -0.1) is 5.10 Å². The molecule has 1 aliphatic carbocycles. The van der Waals surface area contributed by atoms with E-state index in [-0.39, 0.29) is 34.7 Å². The fourth-order valence-corrected chi connectivity index (χ4v) is 5.53. The molecule has 1 atom stereocenters. The smallest absolute Gasteiger partial charge is 0.418 e. The van der Waals surface area contributed by atoms with Crippen LogP contribution in [0, 0.1) is 11.7 Å². The summed E-state index contributed by atoms with van der Waals surface area (Å²) in [5.74, 6) is -1.25. The van der Waals surface area contributed by atoms with Gasteiger partial charge in [0.2, 0.25) is 0 Å². The molecule has 0 spiro atoms.